The zero-order chi connectivity index (χ0) is 15.6. The van der Waals surface area contributed by atoms with Gasteiger partial charge in [-0.2, -0.15) is 0 Å². The van der Waals surface area contributed by atoms with Crippen molar-refractivity contribution >= 4 is 0 Å². The van der Waals surface area contributed by atoms with E-state index in [0.29, 0.717) is 6.61 Å². The Balaban J connectivity index is 2.29. The molecular weight excluding hydrogens is 262 g/mol. The summed E-state index contributed by atoms with van der Waals surface area (Å²) in [5.41, 5.74) is 1.17. The summed E-state index contributed by atoms with van der Waals surface area (Å²) in [6.45, 7) is 8.19. The Morgan fingerprint density at radius 3 is 2.43 bits per heavy atom. The standard InChI is InChI=1S/C18H31NO2/c1-4-7-16-8-10-17(11-9-16)21-14-6-12-18(3,15-20)19-13-5-2/h8-11,19-20H,4-7,12-15H2,1-3H3. The van der Waals surface area contributed by atoms with E-state index in [9.17, 15) is 5.11 Å². The average molecular weight is 293 g/mol. The lowest BCUT2D eigenvalue weighted by molar-refractivity contribution is 0.156. The molecule has 3 nitrogen and oxygen atoms in total. The van der Waals surface area contributed by atoms with Gasteiger partial charge in [-0.3, -0.25) is 0 Å². The highest BCUT2D eigenvalue weighted by Crippen LogP contribution is 2.16. The van der Waals surface area contributed by atoms with Gasteiger partial charge in [0, 0.05) is 5.54 Å². The zero-order valence-electron chi connectivity index (χ0n) is 13.8. The third-order valence-corrected chi connectivity index (χ3v) is 3.75. The van der Waals surface area contributed by atoms with Gasteiger partial charge >= 0.3 is 0 Å². The molecule has 3 heteroatoms. The number of rotatable bonds is 11. The van der Waals surface area contributed by atoms with Crippen molar-refractivity contribution in [3.05, 3.63) is 29.8 Å². The monoisotopic (exact) mass is 293 g/mol. The van der Waals surface area contributed by atoms with Gasteiger partial charge in [-0.25, -0.2) is 0 Å². The number of benzene rings is 1. The van der Waals surface area contributed by atoms with Crippen LogP contribution in [0.1, 0.15) is 52.0 Å². The van der Waals surface area contributed by atoms with Gasteiger partial charge in [0.05, 0.1) is 13.2 Å². The Morgan fingerprint density at radius 1 is 1.14 bits per heavy atom. The lowest BCUT2D eigenvalue weighted by Crippen LogP contribution is -2.46. The Labute approximate surface area is 129 Å². The first-order chi connectivity index (χ1) is 10.1. The molecule has 120 valence electrons. The van der Waals surface area contributed by atoms with E-state index in [1.165, 1.54) is 12.0 Å². The van der Waals surface area contributed by atoms with Crippen LogP contribution in [-0.2, 0) is 6.42 Å². The molecule has 0 aliphatic carbocycles. The van der Waals surface area contributed by atoms with Crippen molar-refractivity contribution in [1.82, 2.24) is 5.32 Å². The van der Waals surface area contributed by atoms with Crippen LogP contribution in [0, 0.1) is 0 Å². The van der Waals surface area contributed by atoms with Crippen LogP contribution in [-0.4, -0.2) is 30.4 Å². The molecule has 0 saturated carbocycles. The topological polar surface area (TPSA) is 41.5 Å². The molecule has 0 aliphatic rings. The molecule has 0 spiro atoms. The second-order valence-electron chi connectivity index (χ2n) is 5.99. The van der Waals surface area contributed by atoms with Crippen LogP contribution in [0.2, 0.25) is 0 Å². The number of aryl methyl sites for hydroxylation is 1. The maximum atomic E-state index is 9.51. The van der Waals surface area contributed by atoms with Gasteiger partial charge in [0.25, 0.3) is 0 Å². The summed E-state index contributed by atoms with van der Waals surface area (Å²) in [4.78, 5) is 0. The summed E-state index contributed by atoms with van der Waals surface area (Å²) in [5, 5.41) is 12.9. The van der Waals surface area contributed by atoms with E-state index in [1.807, 2.05) is 12.1 Å². The molecule has 0 bridgehead atoms. The molecule has 0 heterocycles. The molecule has 0 saturated heterocycles. The summed E-state index contributed by atoms with van der Waals surface area (Å²) < 4.78 is 5.77. The Morgan fingerprint density at radius 2 is 1.86 bits per heavy atom. The Bertz CT molecular complexity index is 377. The van der Waals surface area contributed by atoms with Crippen molar-refractivity contribution in [3.63, 3.8) is 0 Å². The molecule has 1 aromatic carbocycles. The number of nitrogens with one attached hydrogen (secondary N) is 1. The van der Waals surface area contributed by atoms with Crippen LogP contribution in [0.15, 0.2) is 24.3 Å². The SMILES string of the molecule is CCCNC(C)(CO)CCCOc1ccc(CCC)cc1. The van der Waals surface area contributed by atoms with Gasteiger partial charge in [-0.15, -0.1) is 0 Å². The van der Waals surface area contributed by atoms with E-state index in [4.69, 9.17) is 4.74 Å². The predicted molar refractivity (Wildman–Crippen MR) is 89.0 cm³/mol. The third-order valence-electron chi connectivity index (χ3n) is 3.75. The molecule has 1 aromatic rings. The highest BCUT2D eigenvalue weighted by molar-refractivity contribution is 5.27. The summed E-state index contributed by atoms with van der Waals surface area (Å²) in [5.74, 6) is 0.932. The second-order valence-corrected chi connectivity index (χ2v) is 5.99. The summed E-state index contributed by atoms with van der Waals surface area (Å²) in [6, 6.07) is 8.37. The quantitative estimate of drug-likeness (QED) is 0.613. The van der Waals surface area contributed by atoms with Gasteiger partial charge in [0.1, 0.15) is 5.75 Å². The van der Waals surface area contributed by atoms with Crippen LogP contribution < -0.4 is 10.1 Å². The molecule has 0 aromatic heterocycles. The van der Waals surface area contributed by atoms with Crippen LogP contribution >= 0.6 is 0 Å². The Kier molecular flexibility index (Phi) is 8.40. The van der Waals surface area contributed by atoms with Gasteiger partial charge < -0.3 is 15.2 Å². The fraction of sp³-hybridized carbons (Fsp3) is 0.667. The summed E-state index contributed by atoms with van der Waals surface area (Å²) in [6.07, 6.45) is 5.22. The lowest BCUT2D eigenvalue weighted by Gasteiger charge is -2.28. The number of hydrogen-bond acceptors (Lipinski definition) is 3. The van der Waals surface area contributed by atoms with Crippen LogP contribution in [0.25, 0.3) is 0 Å². The number of ether oxygens (including phenoxy) is 1. The maximum Gasteiger partial charge on any atom is 0.119 e. The fourth-order valence-corrected chi connectivity index (χ4v) is 2.34. The minimum atomic E-state index is -0.190. The number of aliphatic hydroxyl groups is 1. The lowest BCUT2D eigenvalue weighted by atomic mass is 9.97. The van der Waals surface area contributed by atoms with Crippen molar-refractivity contribution in [2.45, 2.75) is 58.4 Å². The fourth-order valence-electron chi connectivity index (χ4n) is 2.34. The molecule has 0 fully saturated rings. The van der Waals surface area contributed by atoms with Crippen LogP contribution in [0.5, 0.6) is 5.75 Å². The minimum Gasteiger partial charge on any atom is -0.494 e. The largest absolute Gasteiger partial charge is 0.494 e. The predicted octanol–water partition coefficient (Wildman–Crippen LogP) is 3.55. The van der Waals surface area contributed by atoms with E-state index in [2.05, 4.69) is 38.2 Å². The zero-order valence-corrected chi connectivity index (χ0v) is 13.8. The summed E-state index contributed by atoms with van der Waals surface area (Å²) in [7, 11) is 0. The van der Waals surface area contributed by atoms with Crippen LogP contribution in [0.4, 0.5) is 0 Å². The van der Waals surface area contributed by atoms with Crippen molar-refractivity contribution in [2.75, 3.05) is 19.8 Å². The van der Waals surface area contributed by atoms with Crippen molar-refractivity contribution in [2.24, 2.45) is 0 Å². The first-order valence-electron chi connectivity index (χ1n) is 8.21. The van der Waals surface area contributed by atoms with Gasteiger partial charge in [-0.1, -0.05) is 32.4 Å². The number of hydrogen-bond donors (Lipinski definition) is 2. The van der Waals surface area contributed by atoms with Crippen molar-refractivity contribution in [1.29, 1.82) is 0 Å². The molecule has 1 atom stereocenters. The maximum absolute atomic E-state index is 9.51. The average Bonchev–Trinajstić information content (AvgIpc) is 2.51. The van der Waals surface area contributed by atoms with E-state index in [0.717, 1.165) is 38.0 Å². The van der Waals surface area contributed by atoms with E-state index in [-0.39, 0.29) is 12.1 Å². The molecule has 2 N–H and O–H groups in total. The molecule has 0 radical (unpaired) electrons. The van der Waals surface area contributed by atoms with Crippen molar-refractivity contribution < 1.29 is 9.84 Å². The minimum absolute atomic E-state index is 0.165. The second kappa shape index (κ2) is 9.80. The molecular formula is C18H31NO2. The van der Waals surface area contributed by atoms with Crippen molar-refractivity contribution in [3.8, 4) is 5.75 Å². The summed E-state index contributed by atoms with van der Waals surface area (Å²) >= 11 is 0. The molecule has 1 rings (SSSR count). The molecule has 1 unspecified atom stereocenters. The van der Waals surface area contributed by atoms with E-state index >= 15 is 0 Å². The molecule has 21 heavy (non-hydrogen) atoms. The first kappa shape index (κ1) is 18.0. The highest BCUT2D eigenvalue weighted by Gasteiger charge is 2.21. The van der Waals surface area contributed by atoms with Gasteiger partial charge in [0.2, 0.25) is 0 Å². The Hall–Kier alpha value is -1.06. The van der Waals surface area contributed by atoms with Gasteiger partial charge in [0.15, 0.2) is 0 Å². The molecule has 0 aliphatic heterocycles. The van der Waals surface area contributed by atoms with E-state index in [1.54, 1.807) is 0 Å². The van der Waals surface area contributed by atoms with Crippen LogP contribution in [0.3, 0.4) is 0 Å². The third kappa shape index (κ3) is 6.96. The normalized spacial score (nSPS) is 13.9. The highest BCUT2D eigenvalue weighted by atomic mass is 16.5. The van der Waals surface area contributed by atoms with E-state index < -0.39 is 0 Å². The van der Waals surface area contributed by atoms with Gasteiger partial charge in [-0.05, 0) is 56.8 Å². The number of aliphatic hydroxyl groups excluding tert-OH is 1. The first-order valence-corrected chi connectivity index (χ1v) is 8.21. The smallest absolute Gasteiger partial charge is 0.119 e. The molecule has 0 amide bonds.